The van der Waals surface area contributed by atoms with Gasteiger partial charge in [0.1, 0.15) is 5.69 Å². The maximum Gasteiger partial charge on any atom is 0.100 e. The Labute approximate surface area is 151 Å². The molecule has 0 aliphatic rings. The summed E-state index contributed by atoms with van der Waals surface area (Å²) in [7, 11) is 0. The van der Waals surface area contributed by atoms with Gasteiger partial charge in [0.2, 0.25) is 0 Å². The average molecular weight is 336 g/mol. The third-order valence-corrected chi connectivity index (χ3v) is 4.42. The number of hydrogen-bond acceptors (Lipinski definition) is 3. The number of nitrogens with one attached hydrogen (secondary N) is 1. The van der Waals surface area contributed by atoms with Gasteiger partial charge in [-0.2, -0.15) is 10.4 Å². The molecule has 0 spiro atoms. The van der Waals surface area contributed by atoms with Crippen molar-refractivity contribution >= 4 is 0 Å². The first-order chi connectivity index (χ1) is 12.8. The SMILES string of the molecule is Cc1[nH]nc(-c2ccncc2)c1-c1ccc(-c2ccc(C#N)cc2)cc1. The minimum Gasteiger partial charge on any atom is -0.282 e. The number of rotatable bonds is 3. The van der Waals surface area contributed by atoms with E-state index in [-0.39, 0.29) is 0 Å². The van der Waals surface area contributed by atoms with Gasteiger partial charge in [-0.05, 0) is 47.9 Å². The van der Waals surface area contributed by atoms with E-state index in [1.807, 2.05) is 43.3 Å². The van der Waals surface area contributed by atoms with E-state index in [4.69, 9.17) is 5.26 Å². The van der Waals surface area contributed by atoms with Crippen LogP contribution in [-0.2, 0) is 0 Å². The Kier molecular flexibility index (Phi) is 4.04. The van der Waals surface area contributed by atoms with Crippen LogP contribution in [0, 0.1) is 18.3 Å². The van der Waals surface area contributed by atoms with Gasteiger partial charge in [-0.15, -0.1) is 0 Å². The van der Waals surface area contributed by atoms with Crippen LogP contribution in [0.1, 0.15) is 11.3 Å². The topological polar surface area (TPSA) is 65.4 Å². The first-order valence-corrected chi connectivity index (χ1v) is 8.32. The molecule has 2 aromatic heterocycles. The molecule has 124 valence electrons. The van der Waals surface area contributed by atoms with Gasteiger partial charge >= 0.3 is 0 Å². The summed E-state index contributed by atoms with van der Waals surface area (Å²) in [5.41, 5.74) is 8.08. The third kappa shape index (κ3) is 2.87. The van der Waals surface area contributed by atoms with Crippen LogP contribution in [0.3, 0.4) is 0 Å². The highest BCUT2D eigenvalue weighted by atomic mass is 15.1. The Morgan fingerprint density at radius 2 is 1.35 bits per heavy atom. The van der Waals surface area contributed by atoms with Gasteiger partial charge in [0.05, 0.1) is 11.6 Å². The molecule has 0 fully saturated rings. The molecule has 0 radical (unpaired) electrons. The zero-order valence-electron chi connectivity index (χ0n) is 14.3. The lowest BCUT2D eigenvalue weighted by Crippen LogP contribution is -1.85. The van der Waals surface area contributed by atoms with E-state index >= 15 is 0 Å². The predicted molar refractivity (Wildman–Crippen MR) is 102 cm³/mol. The van der Waals surface area contributed by atoms with Gasteiger partial charge in [0.15, 0.2) is 0 Å². The molecule has 0 amide bonds. The highest BCUT2D eigenvalue weighted by molar-refractivity contribution is 5.83. The van der Waals surface area contributed by atoms with Crippen molar-refractivity contribution < 1.29 is 0 Å². The molecule has 0 bridgehead atoms. The molecule has 0 saturated heterocycles. The van der Waals surface area contributed by atoms with Crippen molar-refractivity contribution in [3.63, 3.8) is 0 Å². The predicted octanol–water partition coefficient (Wildman–Crippen LogP) is 4.99. The molecular formula is C22H16N4. The smallest absolute Gasteiger partial charge is 0.100 e. The standard InChI is InChI=1S/C22H16N4/c1-15-21(22(26-25-15)20-10-12-24-13-11-20)19-8-6-18(7-9-19)17-4-2-16(14-23)3-5-17/h2-13H,1H3,(H,25,26). The van der Waals surface area contributed by atoms with Crippen molar-refractivity contribution in [1.29, 1.82) is 5.26 Å². The van der Waals surface area contributed by atoms with Crippen LogP contribution in [0.25, 0.3) is 33.5 Å². The van der Waals surface area contributed by atoms with E-state index in [9.17, 15) is 0 Å². The molecular weight excluding hydrogens is 320 g/mol. The number of aromatic nitrogens is 3. The molecule has 0 unspecified atom stereocenters. The van der Waals surface area contributed by atoms with Crippen molar-refractivity contribution in [3.05, 3.63) is 84.3 Å². The summed E-state index contributed by atoms with van der Waals surface area (Å²) in [6.07, 6.45) is 3.55. The van der Waals surface area contributed by atoms with Crippen LogP contribution in [0.5, 0.6) is 0 Å². The Balaban J connectivity index is 1.72. The molecule has 0 aliphatic carbocycles. The lowest BCUT2D eigenvalue weighted by molar-refractivity contribution is 1.05. The molecule has 0 saturated carbocycles. The molecule has 2 heterocycles. The van der Waals surface area contributed by atoms with Crippen LogP contribution >= 0.6 is 0 Å². The molecule has 1 N–H and O–H groups in total. The summed E-state index contributed by atoms with van der Waals surface area (Å²) in [6.45, 7) is 2.03. The fraction of sp³-hybridized carbons (Fsp3) is 0.0455. The molecule has 4 aromatic rings. The van der Waals surface area contributed by atoms with Crippen LogP contribution in [0.15, 0.2) is 73.1 Å². The Morgan fingerprint density at radius 1 is 0.769 bits per heavy atom. The van der Waals surface area contributed by atoms with Crippen molar-refractivity contribution in [2.45, 2.75) is 6.92 Å². The van der Waals surface area contributed by atoms with Crippen LogP contribution in [-0.4, -0.2) is 15.2 Å². The van der Waals surface area contributed by atoms with Crippen LogP contribution < -0.4 is 0 Å². The van der Waals surface area contributed by atoms with Crippen LogP contribution in [0.4, 0.5) is 0 Å². The molecule has 26 heavy (non-hydrogen) atoms. The maximum atomic E-state index is 8.92. The molecule has 2 aromatic carbocycles. The van der Waals surface area contributed by atoms with Crippen LogP contribution in [0.2, 0.25) is 0 Å². The molecule has 4 heteroatoms. The quantitative estimate of drug-likeness (QED) is 0.573. The number of benzene rings is 2. The van der Waals surface area contributed by atoms with Gasteiger partial charge in [0, 0.05) is 29.2 Å². The number of pyridine rings is 1. The lowest BCUT2D eigenvalue weighted by atomic mass is 9.97. The molecule has 4 nitrogen and oxygen atoms in total. The second-order valence-corrected chi connectivity index (χ2v) is 6.07. The highest BCUT2D eigenvalue weighted by Crippen LogP contribution is 2.33. The number of aryl methyl sites for hydroxylation is 1. The minimum absolute atomic E-state index is 0.668. The monoisotopic (exact) mass is 336 g/mol. The zero-order valence-corrected chi connectivity index (χ0v) is 14.3. The second-order valence-electron chi connectivity index (χ2n) is 6.07. The van der Waals surface area contributed by atoms with E-state index in [1.165, 1.54) is 0 Å². The van der Waals surface area contributed by atoms with Gasteiger partial charge in [-0.1, -0.05) is 36.4 Å². The minimum atomic E-state index is 0.668. The van der Waals surface area contributed by atoms with Crippen molar-refractivity contribution in [1.82, 2.24) is 15.2 Å². The normalized spacial score (nSPS) is 10.5. The summed E-state index contributed by atoms with van der Waals surface area (Å²) < 4.78 is 0. The third-order valence-electron chi connectivity index (χ3n) is 4.42. The number of nitrogens with zero attached hydrogens (tertiary/aromatic N) is 3. The fourth-order valence-electron chi connectivity index (χ4n) is 3.07. The number of H-pyrrole nitrogens is 1. The van der Waals surface area contributed by atoms with Gasteiger partial charge < -0.3 is 0 Å². The van der Waals surface area contributed by atoms with Crippen molar-refractivity contribution in [2.24, 2.45) is 0 Å². The van der Waals surface area contributed by atoms with E-state index < -0.39 is 0 Å². The number of nitriles is 1. The maximum absolute atomic E-state index is 8.92. The summed E-state index contributed by atoms with van der Waals surface area (Å²) in [5.74, 6) is 0. The second kappa shape index (κ2) is 6.66. The number of aromatic amines is 1. The first-order valence-electron chi connectivity index (χ1n) is 8.32. The summed E-state index contributed by atoms with van der Waals surface area (Å²) >= 11 is 0. The lowest BCUT2D eigenvalue weighted by Gasteiger charge is -2.07. The Morgan fingerprint density at radius 3 is 1.96 bits per heavy atom. The summed E-state index contributed by atoms with van der Waals surface area (Å²) in [4.78, 5) is 4.08. The van der Waals surface area contributed by atoms with E-state index in [0.717, 1.165) is 39.2 Å². The first kappa shape index (κ1) is 15.8. The van der Waals surface area contributed by atoms with E-state index in [0.29, 0.717) is 5.56 Å². The Bertz CT molecular complexity index is 1070. The molecule has 0 atom stereocenters. The summed E-state index contributed by atoms with van der Waals surface area (Å²) in [5, 5.41) is 16.5. The van der Waals surface area contributed by atoms with Gasteiger partial charge in [0.25, 0.3) is 0 Å². The van der Waals surface area contributed by atoms with Crippen molar-refractivity contribution in [2.75, 3.05) is 0 Å². The molecule has 0 aliphatic heterocycles. The molecule has 4 rings (SSSR count). The fourth-order valence-corrected chi connectivity index (χ4v) is 3.07. The number of hydrogen-bond donors (Lipinski definition) is 1. The van der Waals surface area contributed by atoms with E-state index in [2.05, 4.69) is 45.5 Å². The average Bonchev–Trinajstić information content (AvgIpc) is 3.10. The largest absolute Gasteiger partial charge is 0.282 e. The Hall–Kier alpha value is -3.71. The van der Waals surface area contributed by atoms with Gasteiger partial charge in [-0.3, -0.25) is 10.1 Å². The highest BCUT2D eigenvalue weighted by Gasteiger charge is 2.14. The summed E-state index contributed by atoms with van der Waals surface area (Å²) in [6, 6.07) is 22.1. The zero-order chi connectivity index (χ0) is 17.9. The van der Waals surface area contributed by atoms with Gasteiger partial charge in [-0.25, -0.2) is 0 Å². The van der Waals surface area contributed by atoms with E-state index in [1.54, 1.807) is 12.4 Å². The van der Waals surface area contributed by atoms with Crippen molar-refractivity contribution in [3.8, 4) is 39.6 Å².